The van der Waals surface area contributed by atoms with Gasteiger partial charge in [0.15, 0.2) is 0 Å². The van der Waals surface area contributed by atoms with Gasteiger partial charge in [0.05, 0.1) is 0 Å². The number of rotatable bonds is 7. The summed E-state index contributed by atoms with van der Waals surface area (Å²) in [4.78, 5) is 2.40. The largest absolute Gasteiger partial charge is 0.311 e. The van der Waals surface area contributed by atoms with Crippen LogP contribution in [0.3, 0.4) is 0 Å². The molecule has 0 radical (unpaired) electrons. The third-order valence-corrected chi connectivity index (χ3v) is 17.3. The second-order valence-electron chi connectivity index (χ2n) is 20.8. The van der Waals surface area contributed by atoms with Crippen molar-refractivity contribution in [1.29, 1.82) is 0 Å². The lowest BCUT2D eigenvalue weighted by molar-refractivity contribution is 0.660. The molecule has 2 aliphatic carbocycles. The first-order chi connectivity index (χ1) is 35.2. The van der Waals surface area contributed by atoms with Crippen LogP contribution in [0.2, 0.25) is 0 Å². The highest BCUT2D eigenvalue weighted by Gasteiger charge is 2.38. The summed E-state index contributed by atoms with van der Waals surface area (Å²) >= 11 is 1.90. The minimum Gasteiger partial charge on any atom is -0.311 e. The van der Waals surface area contributed by atoms with E-state index >= 15 is 0 Å². The fraction of sp³-hybridized carbons (Fsp3) is 0.0857. The lowest BCUT2D eigenvalue weighted by Crippen LogP contribution is -2.16. The van der Waals surface area contributed by atoms with Gasteiger partial charge in [-0.2, -0.15) is 0 Å². The van der Waals surface area contributed by atoms with E-state index in [1.165, 1.54) is 120 Å². The molecule has 0 fully saturated rings. The Morgan fingerprint density at radius 2 is 0.806 bits per heavy atom. The van der Waals surface area contributed by atoms with E-state index in [9.17, 15) is 0 Å². The smallest absolute Gasteiger partial charge is 0.0462 e. The predicted octanol–water partition coefficient (Wildman–Crippen LogP) is 20.0. The molecule has 11 aromatic carbocycles. The number of thiophene rings is 1. The highest BCUT2D eigenvalue weighted by atomic mass is 32.1. The van der Waals surface area contributed by atoms with Crippen molar-refractivity contribution in [2.24, 2.45) is 0 Å². The summed E-state index contributed by atoms with van der Waals surface area (Å²) in [5.74, 6) is 0. The maximum atomic E-state index is 2.42. The molecule has 14 rings (SSSR count). The summed E-state index contributed by atoms with van der Waals surface area (Å²) in [6, 6.07) is 88.3. The van der Waals surface area contributed by atoms with E-state index in [0.29, 0.717) is 0 Å². The topological polar surface area (TPSA) is 3.24 Å². The summed E-state index contributed by atoms with van der Waals surface area (Å²) < 4.78 is 2.66. The highest BCUT2D eigenvalue weighted by molar-refractivity contribution is 7.26. The second kappa shape index (κ2) is 16.1. The van der Waals surface area contributed by atoms with E-state index in [-0.39, 0.29) is 10.8 Å². The number of anilines is 3. The first kappa shape index (κ1) is 42.6. The normalized spacial score (nSPS) is 13.8. The summed E-state index contributed by atoms with van der Waals surface area (Å²) in [5, 5.41) is 5.24. The minimum atomic E-state index is -0.118. The molecule has 0 atom stereocenters. The average molecular weight is 938 g/mol. The SMILES string of the molecule is CC1(C)c2ccccc2-c2ccc(-c3ccc(N(c4ccc(-c5ccccc5-c5cccc6c5C(C)(C)c5ccccc5-6)cc4)c4ccc(-c5cccc6sc7c8ccccc8ccc7c56)cc4)cc3)cc21. The summed E-state index contributed by atoms with van der Waals surface area (Å²) in [6.07, 6.45) is 0. The van der Waals surface area contributed by atoms with Gasteiger partial charge in [0.2, 0.25) is 0 Å². The van der Waals surface area contributed by atoms with Gasteiger partial charge in [-0.25, -0.2) is 0 Å². The van der Waals surface area contributed by atoms with Crippen LogP contribution < -0.4 is 4.90 Å². The van der Waals surface area contributed by atoms with E-state index in [1.807, 2.05) is 11.3 Å². The first-order valence-electron chi connectivity index (χ1n) is 25.2. The van der Waals surface area contributed by atoms with E-state index in [0.717, 1.165) is 17.1 Å². The van der Waals surface area contributed by atoms with Gasteiger partial charge in [-0.05, 0) is 148 Å². The Labute approximate surface area is 426 Å². The Kier molecular flexibility index (Phi) is 9.53. The molecule has 2 aliphatic rings. The van der Waals surface area contributed by atoms with Crippen molar-refractivity contribution >= 4 is 59.3 Å². The van der Waals surface area contributed by atoms with Crippen molar-refractivity contribution < 1.29 is 0 Å². The Balaban J connectivity index is 0.857. The fourth-order valence-electron chi connectivity index (χ4n) is 12.6. The van der Waals surface area contributed by atoms with Gasteiger partial charge >= 0.3 is 0 Å². The van der Waals surface area contributed by atoms with Crippen LogP contribution in [-0.2, 0) is 10.8 Å². The summed E-state index contributed by atoms with van der Waals surface area (Å²) in [6.45, 7) is 9.47. The van der Waals surface area contributed by atoms with E-state index in [4.69, 9.17) is 0 Å². The Bertz CT molecular complexity index is 4130. The molecule has 0 bridgehead atoms. The molecule has 1 heterocycles. The standard InChI is InChI=1S/C70H51NS/c1-69(2)62-24-11-9-19-56(62)58-41-34-48(43-64(58)69)44-27-35-49(36-28-44)71(51-39-31-47(32-40-51)53-21-14-26-65-66(53)61-42-33-45-15-5-6-17-54(45)68(61)72-65)50-37-29-46(30-38-50)52-16-7-8-18-55(52)59-22-13-23-60-57-20-10-12-25-63(57)70(3,4)67(59)60/h5-43H,1-4H3. The molecular weight excluding hydrogens is 887 g/mol. The van der Waals surface area contributed by atoms with Crippen molar-refractivity contribution in [3.8, 4) is 66.8 Å². The van der Waals surface area contributed by atoms with E-state index in [1.54, 1.807) is 0 Å². The van der Waals surface area contributed by atoms with Crippen LogP contribution in [0.4, 0.5) is 17.1 Å². The molecule has 2 heteroatoms. The third-order valence-electron chi connectivity index (χ3n) is 16.1. The number of hydrogen-bond donors (Lipinski definition) is 0. The van der Waals surface area contributed by atoms with Gasteiger partial charge in [0, 0.05) is 48.1 Å². The maximum Gasteiger partial charge on any atom is 0.0462 e. The number of fused-ring (bicyclic) bond motifs is 11. The monoisotopic (exact) mass is 937 g/mol. The zero-order valence-electron chi connectivity index (χ0n) is 40.9. The molecular formula is C70H51NS. The van der Waals surface area contributed by atoms with Crippen molar-refractivity contribution in [2.75, 3.05) is 4.90 Å². The van der Waals surface area contributed by atoms with Crippen LogP contribution in [0, 0.1) is 0 Å². The predicted molar refractivity (Wildman–Crippen MR) is 308 cm³/mol. The summed E-state index contributed by atoms with van der Waals surface area (Å²) in [5.41, 5.74) is 24.0. The van der Waals surface area contributed by atoms with Crippen molar-refractivity contribution in [1.82, 2.24) is 0 Å². The number of hydrogen-bond acceptors (Lipinski definition) is 2. The van der Waals surface area contributed by atoms with Crippen LogP contribution in [-0.4, -0.2) is 0 Å². The molecule has 342 valence electrons. The average Bonchev–Trinajstić information content (AvgIpc) is 4.02. The zero-order valence-corrected chi connectivity index (χ0v) is 41.7. The molecule has 0 unspecified atom stereocenters. The minimum absolute atomic E-state index is 0.0580. The summed E-state index contributed by atoms with van der Waals surface area (Å²) in [7, 11) is 0. The van der Waals surface area contributed by atoms with Crippen molar-refractivity contribution in [3.63, 3.8) is 0 Å². The van der Waals surface area contributed by atoms with Crippen LogP contribution in [0.5, 0.6) is 0 Å². The van der Waals surface area contributed by atoms with Gasteiger partial charge < -0.3 is 4.90 Å². The van der Waals surface area contributed by atoms with Gasteiger partial charge in [-0.15, -0.1) is 11.3 Å². The van der Waals surface area contributed by atoms with Gasteiger partial charge in [-0.1, -0.05) is 216 Å². The fourth-order valence-corrected chi connectivity index (χ4v) is 13.8. The molecule has 0 saturated carbocycles. The Morgan fingerprint density at radius 1 is 0.319 bits per heavy atom. The van der Waals surface area contributed by atoms with E-state index < -0.39 is 0 Å². The van der Waals surface area contributed by atoms with Gasteiger partial charge in [0.25, 0.3) is 0 Å². The van der Waals surface area contributed by atoms with Crippen LogP contribution in [0.25, 0.3) is 97.7 Å². The highest BCUT2D eigenvalue weighted by Crippen LogP contribution is 2.54. The van der Waals surface area contributed by atoms with Crippen molar-refractivity contribution in [2.45, 2.75) is 38.5 Å². The third kappa shape index (κ3) is 6.45. The second-order valence-corrected chi connectivity index (χ2v) is 21.8. The van der Waals surface area contributed by atoms with Crippen LogP contribution in [0.1, 0.15) is 49.9 Å². The molecule has 0 saturated heterocycles. The van der Waals surface area contributed by atoms with Crippen molar-refractivity contribution in [3.05, 3.63) is 259 Å². The first-order valence-corrected chi connectivity index (χ1v) is 26.1. The molecule has 12 aromatic rings. The maximum absolute atomic E-state index is 2.42. The molecule has 0 spiro atoms. The molecule has 1 nitrogen and oxygen atoms in total. The lowest BCUT2D eigenvalue weighted by atomic mass is 9.78. The Morgan fingerprint density at radius 3 is 1.50 bits per heavy atom. The van der Waals surface area contributed by atoms with E-state index in [2.05, 4.69) is 269 Å². The molecule has 0 N–H and O–H groups in total. The number of nitrogens with zero attached hydrogens (tertiary/aromatic N) is 1. The molecule has 0 amide bonds. The molecule has 1 aromatic heterocycles. The van der Waals surface area contributed by atoms with Crippen LogP contribution >= 0.6 is 11.3 Å². The Hall–Kier alpha value is -8.30. The van der Waals surface area contributed by atoms with Crippen LogP contribution in [0.15, 0.2) is 237 Å². The zero-order chi connectivity index (χ0) is 48.3. The van der Waals surface area contributed by atoms with Gasteiger partial charge in [0.1, 0.15) is 0 Å². The molecule has 0 aliphatic heterocycles. The number of benzene rings is 11. The lowest BCUT2D eigenvalue weighted by Gasteiger charge is -2.27. The van der Waals surface area contributed by atoms with Gasteiger partial charge in [-0.3, -0.25) is 0 Å². The molecule has 72 heavy (non-hydrogen) atoms. The quantitative estimate of drug-likeness (QED) is 0.154.